The van der Waals surface area contributed by atoms with E-state index in [1.165, 1.54) is 6.07 Å². The van der Waals surface area contributed by atoms with Crippen LogP contribution in [0.15, 0.2) is 18.2 Å². The van der Waals surface area contributed by atoms with Crippen molar-refractivity contribution in [2.24, 2.45) is 5.73 Å². The van der Waals surface area contributed by atoms with Crippen LogP contribution in [0.4, 0.5) is 4.39 Å². The first-order valence-electron chi connectivity index (χ1n) is 5.93. The van der Waals surface area contributed by atoms with Crippen LogP contribution in [0.1, 0.15) is 31.4 Å². The van der Waals surface area contributed by atoms with Gasteiger partial charge in [-0.05, 0) is 31.0 Å². The quantitative estimate of drug-likeness (QED) is 0.760. The van der Waals surface area contributed by atoms with Crippen LogP contribution < -0.4 is 15.8 Å². The average Bonchev–Trinajstić information content (AvgIpc) is 2.35. The molecule has 1 atom stereocenters. The number of hydrogen-bond acceptors (Lipinski definition) is 3. The molecule has 0 bridgehead atoms. The Morgan fingerprint density at radius 2 is 2.28 bits per heavy atom. The highest BCUT2D eigenvalue weighted by Crippen LogP contribution is 2.21. The molecule has 1 unspecified atom stereocenters. The molecule has 0 aliphatic heterocycles. The van der Waals surface area contributed by atoms with Crippen LogP contribution in [0.3, 0.4) is 0 Å². The van der Waals surface area contributed by atoms with Crippen LogP contribution in [-0.2, 0) is 4.79 Å². The third kappa shape index (κ3) is 4.33. The van der Waals surface area contributed by atoms with Crippen LogP contribution in [0.2, 0.25) is 0 Å². The highest BCUT2D eigenvalue weighted by molar-refractivity contribution is 5.75. The molecule has 1 aromatic rings. The van der Waals surface area contributed by atoms with Crippen molar-refractivity contribution in [1.29, 1.82) is 0 Å². The smallest absolute Gasteiger partial charge is 0.219 e. The standard InChI is InChI=1S/C13H19FN2O2/c1-9(15)10-5-6-12(11(14)8-10)18-7-3-4-13(17)16-2/h5-6,8-9H,3-4,7,15H2,1-2H3,(H,16,17). The Bertz CT molecular complexity index is 408. The summed E-state index contributed by atoms with van der Waals surface area (Å²) < 4.78 is 18.9. The second kappa shape index (κ2) is 6.96. The van der Waals surface area contributed by atoms with Gasteiger partial charge < -0.3 is 15.8 Å². The Morgan fingerprint density at radius 1 is 1.56 bits per heavy atom. The number of ether oxygens (including phenoxy) is 1. The van der Waals surface area contributed by atoms with E-state index in [0.717, 1.165) is 5.56 Å². The number of carbonyl (C=O) groups excluding carboxylic acids is 1. The maximum atomic E-state index is 13.6. The Balaban J connectivity index is 2.45. The highest BCUT2D eigenvalue weighted by Gasteiger charge is 2.07. The summed E-state index contributed by atoms with van der Waals surface area (Å²) in [4.78, 5) is 11.0. The van der Waals surface area contributed by atoms with Crippen LogP contribution in [0.5, 0.6) is 5.75 Å². The zero-order valence-corrected chi connectivity index (χ0v) is 10.7. The topological polar surface area (TPSA) is 64.3 Å². The maximum absolute atomic E-state index is 13.6. The summed E-state index contributed by atoms with van der Waals surface area (Å²) >= 11 is 0. The molecule has 0 aliphatic carbocycles. The van der Waals surface area contributed by atoms with Crippen molar-refractivity contribution in [1.82, 2.24) is 5.32 Å². The van der Waals surface area contributed by atoms with Crippen LogP contribution in [0.25, 0.3) is 0 Å². The molecule has 1 amide bonds. The van der Waals surface area contributed by atoms with Gasteiger partial charge in [0.2, 0.25) is 5.91 Å². The first-order chi connectivity index (χ1) is 8.54. The molecular weight excluding hydrogens is 235 g/mol. The lowest BCUT2D eigenvalue weighted by atomic mass is 10.1. The normalized spacial score (nSPS) is 12.0. The van der Waals surface area contributed by atoms with Crippen molar-refractivity contribution < 1.29 is 13.9 Å². The van der Waals surface area contributed by atoms with E-state index in [-0.39, 0.29) is 17.7 Å². The molecule has 5 heteroatoms. The fourth-order valence-corrected chi connectivity index (χ4v) is 1.46. The summed E-state index contributed by atoms with van der Waals surface area (Å²) in [5.41, 5.74) is 6.38. The highest BCUT2D eigenvalue weighted by atomic mass is 19.1. The molecule has 0 radical (unpaired) electrons. The second-order valence-corrected chi connectivity index (χ2v) is 4.10. The van der Waals surface area contributed by atoms with Crippen LogP contribution in [0, 0.1) is 5.82 Å². The summed E-state index contributed by atoms with van der Waals surface area (Å²) in [5.74, 6) is -0.285. The van der Waals surface area contributed by atoms with Crippen molar-refractivity contribution in [2.75, 3.05) is 13.7 Å². The van der Waals surface area contributed by atoms with E-state index < -0.39 is 5.82 Å². The number of nitrogens with one attached hydrogen (secondary N) is 1. The summed E-state index contributed by atoms with van der Waals surface area (Å²) in [6, 6.07) is 4.47. The summed E-state index contributed by atoms with van der Waals surface area (Å²) in [6.45, 7) is 2.10. The Kier molecular flexibility index (Phi) is 5.58. The minimum Gasteiger partial charge on any atom is -0.491 e. The first kappa shape index (κ1) is 14.4. The van der Waals surface area contributed by atoms with E-state index in [0.29, 0.717) is 19.4 Å². The summed E-state index contributed by atoms with van der Waals surface area (Å²) in [7, 11) is 1.58. The zero-order chi connectivity index (χ0) is 13.5. The molecule has 0 aliphatic rings. The number of nitrogens with two attached hydrogens (primary N) is 1. The van der Waals surface area contributed by atoms with Gasteiger partial charge in [0.15, 0.2) is 11.6 Å². The molecule has 4 nitrogen and oxygen atoms in total. The lowest BCUT2D eigenvalue weighted by Crippen LogP contribution is -2.18. The van der Waals surface area contributed by atoms with Crippen molar-refractivity contribution in [3.8, 4) is 5.75 Å². The minimum atomic E-state index is -0.426. The molecule has 0 spiro atoms. The average molecular weight is 254 g/mol. The second-order valence-electron chi connectivity index (χ2n) is 4.10. The van der Waals surface area contributed by atoms with Crippen LogP contribution in [-0.4, -0.2) is 19.6 Å². The summed E-state index contributed by atoms with van der Waals surface area (Å²) in [5, 5.41) is 2.51. The number of carbonyl (C=O) groups is 1. The van der Waals surface area contributed by atoms with E-state index in [9.17, 15) is 9.18 Å². The van der Waals surface area contributed by atoms with Crippen molar-refractivity contribution >= 4 is 5.91 Å². The maximum Gasteiger partial charge on any atom is 0.219 e. The fraction of sp³-hybridized carbons (Fsp3) is 0.462. The fourth-order valence-electron chi connectivity index (χ4n) is 1.46. The van der Waals surface area contributed by atoms with Gasteiger partial charge in [-0.2, -0.15) is 0 Å². The molecule has 0 heterocycles. The molecule has 1 aromatic carbocycles. The van der Waals surface area contributed by atoms with E-state index in [1.807, 2.05) is 0 Å². The minimum absolute atomic E-state index is 0.0497. The molecule has 18 heavy (non-hydrogen) atoms. The van der Waals surface area contributed by atoms with E-state index >= 15 is 0 Å². The summed E-state index contributed by atoms with van der Waals surface area (Å²) in [6.07, 6.45) is 0.921. The number of benzene rings is 1. The first-order valence-corrected chi connectivity index (χ1v) is 5.93. The molecule has 0 saturated heterocycles. The lowest BCUT2D eigenvalue weighted by Gasteiger charge is -2.10. The molecule has 100 valence electrons. The number of amides is 1. The number of hydrogen-bond donors (Lipinski definition) is 2. The zero-order valence-electron chi connectivity index (χ0n) is 10.7. The molecule has 0 aromatic heterocycles. The van der Waals surface area contributed by atoms with Crippen molar-refractivity contribution in [3.63, 3.8) is 0 Å². The largest absolute Gasteiger partial charge is 0.491 e. The Hall–Kier alpha value is -1.62. The van der Waals surface area contributed by atoms with Gasteiger partial charge in [-0.25, -0.2) is 4.39 Å². The van der Waals surface area contributed by atoms with Gasteiger partial charge in [0.25, 0.3) is 0 Å². The van der Waals surface area contributed by atoms with Gasteiger partial charge in [0, 0.05) is 19.5 Å². The molecule has 0 saturated carbocycles. The monoisotopic (exact) mass is 254 g/mol. The SMILES string of the molecule is CNC(=O)CCCOc1ccc(C(C)N)cc1F. The molecule has 3 N–H and O–H groups in total. The molecule has 0 fully saturated rings. The van der Waals surface area contributed by atoms with Gasteiger partial charge in [-0.3, -0.25) is 4.79 Å². The third-order valence-corrected chi connectivity index (χ3v) is 2.57. The van der Waals surface area contributed by atoms with Gasteiger partial charge in [0.1, 0.15) is 0 Å². The predicted octanol–water partition coefficient (Wildman–Crippen LogP) is 1.75. The van der Waals surface area contributed by atoms with Crippen LogP contribution >= 0.6 is 0 Å². The van der Waals surface area contributed by atoms with Gasteiger partial charge in [-0.15, -0.1) is 0 Å². The van der Waals surface area contributed by atoms with Gasteiger partial charge in [0.05, 0.1) is 6.61 Å². The molecular formula is C13H19FN2O2. The van der Waals surface area contributed by atoms with E-state index in [1.54, 1.807) is 26.1 Å². The van der Waals surface area contributed by atoms with E-state index in [4.69, 9.17) is 10.5 Å². The number of halogens is 1. The Morgan fingerprint density at radius 3 is 2.83 bits per heavy atom. The molecule has 1 rings (SSSR count). The predicted molar refractivity (Wildman–Crippen MR) is 67.8 cm³/mol. The lowest BCUT2D eigenvalue weighted by molar-refractivity contribution is -0.120. The van der Waals surface area contributed by atoms with E-state index in [2.05, 4.69) is 5.32 Å². The Labute approximate surface area is 106 Å². The number of rotatable bonds is 6. The van der Waals surface area contributed by atoms with Crippen molar-refractivity contribution in [3.05, 3.63) is 29.6 Å². The third-order valence-electron chi connectivity index (χ3n) is 2.57. The van der Waals surface area contributed by atoms with Crippen molar-refractivity contribution in [2.45, 2.75) is 25.8 Å². The van der Waals surface area contributed by atoms with Gasteiger partial charge in [-0.1, -0.05) is 6.07 Å². The van der Waals surface area contributed by atoms with Gasteiger partial charge >= 0.3 is 0 Å².